The van der Waals surface area contributed by atoms with Crippen LogP contribution in [-0.2, 0) is 9.59 Å². The number of thioether (sulfide) groups is 1. The fraction of sp³-hybridized carbons (Fsp3) is 0.292. The molecule has 2 aromatic carbocycles. The van der Waals surface area contributed by atoms with E-state index in [9.17, 15) is 14.9 Å². The van der Waals surface area contributed by atoms with Gasteiger partial charge >= 0.3 is 0 Å². The molecule has 3 rings (SSSR count). The number of amides is 2. The lowest BCUT2D eigenvalue weighted by atomic mass is 9.85. The van der Waals surface area contributed by atoms with Crippen molar-refractivity contribution < 1.29 is 9.59 Å². The lowest BCUT2D eigenvalue weighted by Crippen LogP contribution is -2.31. The molecule has 2 amide bonds. The van der Waals surface area contributed by atoms with Gasteiger partial charge in [0.15, 0.2) is 0 Å². The molecular formula is C24H25N3O2S. The average molecular weight is 420 g/mol. The van der Waals surface area contributed by atoms with Crippen molar-refractivity contribution in [1.82, 2.24) is 5.32 Å². The van der Waals surface area contributed by atoms with Crippen molar-refractivity contribution in [3.63, 3.8) is 0 Å². The molecular weight excluding hydrogens is 394 g/mol. The maximum Gasteiger partial charge on any atom is 0.234 e. The van der Waals surface area contributed by atoms with Crippen LogP contribution in [0.5, 0.6) is 0 Å². The molecule has 0 bridgehead atoms. The van der Waals surface area contributed by atoms with Gasteiger partial charge in [0.25, 0.3) is 0 Å². The topological polar surface area (TPSA) is 82.0 Å². The Hall–Kier alpha value is -3.04. The standard InChI is InChI=1S/C24H25N3O2S/c1-14-9-16(3)23(17(4)10-14)26-22(29)13-30-24-20(12-25)19(11-21(28)27-24)18-8-6-5-7-15(18)2/h5-10,19H,11,13H2,1-4H3,(H,26,29)(H,27,28)/t19-/m1/s1. The van der Waals surface area contributed by atoms with Gasteiger partial charge in [-0.25, -0.2) is 0 Å². The van der Waals surface area contributed by atoms with Crippen LogP contribution in [-0.4, -0.2) is 17.6 Å². The summed E-state index contributed by atoms with van der Waals surface area (Å²) >= 11 is 1.19. The zero-order valence-electron chi connectivity index (χ0n) is 17.6. The van der Waals surface area contributed by atoms with Crippen LogP contribution in [0.15, 0.2) is 47.0 Å². The van der Waals surface area contributed by atoms with Gasteiger partial charge in [-0.2, -0.15) is 5.26 Å². The van der Waals surface area contributed by atoms with Crippen LogP contribution in [0.3, 0.4) is 0 Å². The summed E-state index contributed by atoms with van der Waals surface area (Å²) in [4.78, 5) is 24.9. The van der Waals surface area contributed by atoms with E-state index in [4.69, 9.17) is 0 Å². The lowest BCUT2D eigenvalue weighted by molar-refractivity contribution is -0.121. The minimum Gasteiger partial charge on any atom is -0.325 e. The Balaban J connectivity index is 1.79. The Morgan fingerprint density at radius 3 is 2.47 bits per heavy atom. The Morgan fingerprint density at radius 2 is 1.83 bits per heavy atom. The van der Waals surface area contributed by atoms with E-state index in [2.05, 4.69) is 16.7 Å². The first-order valence-electron chi connectivity index (χ1n) is 9.80. The second-order valence-electron chi connectivity index (χ2n) is 7.63. The minimum absolute atomic E-state index is 0.105. The molecule has 0 aromatic heterocycles. The number of nitriles is 1. The summed E-state index contributed by atoms with van der Waals surface area (Å²) in [7, 11) is 0. The second kappa shape index (κ2) is 9.19. The van der Waals surface area contributed by atoms with Crippen molar-refractivity contribution in [2.75, 3.05) is 11.1 Å². The van der Waals surface area contributed by atoms with Crippen molar-refractivity contribution in [3.8, 4) is 6.07 Å². The highest BCUT2D eigenvalue weighted by molar-refractivity contribution is 8.03. The monoisotopic (exact) mass is 419 g/mol. The van der Waals surface area contributed by atoms with Crippen LogP contribution >= 0.6 is 11.8 Å². The van der Waals surface area contributed by atoms with Crippen molar-refractivity contribution in [1.29, 1.82) is 5.26 Å². The highest BCUT2D eigenvalue weighted by Crippen LogP contribution is 2.37. The van der Waals surface area contributed by atoms with Gasteiger partial charge in [-0.1, -0.05) is 53.7 Å². The third-order valence-electron chi connectivity index (χ3n) is 5.21. The van der Waals surface area contributed by atoms with Crippen LogP contribution in [0.2, 0.25) is 0 Å². The maximum absolute atomic E-state index is 12.6. The Bertz CT molecular complexity index is 1060. The molecule has 1 aliphatic heterocycles. The van der Waals surface area contributed by atoms with Crippen LogP contribution in [0, 0.1) is 39.0 Å². The summed E-state index contributed by atoms with van der Waals surface area (Å²) in [5, 5.41) is 16.0. The number of rotatable bonds is 5. The molecule has 0 saturated carbocycles. The van der Waals surface area contributed by atoms with Gasteiger partial charge in [-0.15, -0.1) is 0 Å². The highest BCUT2D eigenvalue weighted by atomic mass is 32.2. The fourth-order valence-electron chi connectivity index (χ4n) is 3.87. The number of allylic oxidation sites excluding steroid dienone is 1. The van der Waals surface area contributed by atoms with E-state index < -0.39 is 0 Å². The number of benzene rings is 2. The summed E-state index contributed by atoms with van der Waals surface area (Å²) in [5.74, 6) is -0.506. The predicted molar refractivity (Wildman–Crippen MR) is 121 cm³/mol. The van der Waals surface area contributed by atoms with E-state index in [-0.39, 0.29) is 29.9 Å². The van der Waals surface area contributed by atoms with Crippen molar-refractivity contribution >= 4 is 29.3 Å². The zero-order chi connectivity index (χ0) is 21.8. The number of carbonyl (C=O) groups excluding carboxylic acids is 2. The third-order valence-corrected chi connectivity index (χ3v) is 6.23. The normalized spacial score (nSPS) is 16.1. The van der Waals surface area contributed by atoms with Crippen LogP contribution in [0.1, 0.15) is 40.2 Å². The highest BCUT2D eigenvalue weighted by Gasteiger charge is 2.30. The molecule has 0 saturated heterocycles. The number of hydrogen-bond donors (Lipinski definition) is 2. The smallest absolute Gasteiger partial charge is 0.234 e. The van der Waals surface area contributed by atoms with Gasteiger partial charge in [-0.05, 0) is 49.9 Å². The first-order chi connectivity index (χ1) is 14.3. The van der Waals surface area contributed by atoms with Crippen LogP contribution in [0.4, 0.5) is 5.69 Å². The molecule has 0 fully saturated rings. The third kappa shape index (κ3) is 4.74. The summed E-state index contributed by atoms with van der Waals surface area (Å²) in [5.41, 5.74) is 6.49. The molecule has 6 heteroatoms. The number of hydrogen-bond acceptors (Lipinski definition) is 4. The molecule has 0 spiro atoms. The van der Waals surface area contributed by atoms with E-state index in [1.165, 1.54) is 11.8 Å². The molecule has 1 aliphatic rings. The first kappa shape index (κ1) is 21.7. The van der Waals surface area contributed by atoms with Crippen LogP contribution < -0.4 is 10.6 Å². The molecule has 2 aromatic rings. The average Bonchev–Trinajstić information content (AvgIpc) is 2.69. The van der Waals surface area contributed by atoms with E-state index in [0.29, 0.717) is 10.6 Å². The Morgan fingerprint density at radius 1 is 1.17 bits per heavy atom. The number of carbonyl (C=O) groups is 2. The summed E-state index contributed by atoms with van der Waals surface area (Å²) < 4.78 is 0. The number of nitrogens with one attached hydrogen (secondary N) is 2. The van der Waals surface area contributed by atoms with E-state index in [1.54, 1.807) is 0 Å². The van der Waals surface area contributed by atoms with Crippen molar-refractivity contribution in [2.24, 2.45) is 0 Å². The van der Waals surface area contributed by atoms with E-state index in [0.717, 1.165) is 33.5 Å². The first-order valence-corrected chi connectivity index (χ1v) is 10.8. The molecule has 0 unspecified atom stereocenters. The molecule has 0 aliphatic carbocycles. The number of anilines is 1. The number of nitrogens with zero attached hydrogens (tertiary/aromatic N) is 1. The fourth-order valence-corrected chi connectivity index (χ4v) is 4.74. The molecule has 1 atom stereocenters. The second-order valence-corrected chi connectivity index (χ2v) is 8.61. The maximum atomic E-state index is 12.6. The van der Waals surface area contributed by atoms with E-state index >= 15 is 0 Å². The predicted octanol–water partition coefficient (Wildman–Crippen LogP) is 4.63. The van der Waals surface area contributed by atoms with Crippen molar-refractivity contribution in [2.45, 2.75) is 40.0 Å². The minimum atomic E-state index is -0.294. The van der Waals surface area contributed by atoms with Gasteiger partial charge in [0.2, 0.25) is 11.8 Å². The molecule has 1 heterocycles. The molecule has 2 N–H and O–H groups in total. The lowest BCUT2D eigenvalue weighted by Gasteiger charge is -2.26. The summed E-state index contributed by atoms with van der Waals surface area (Å²) in [6, 6.07) is 14.1. The van der Waals surface area contributed by atoms with Gasteiger partial charge in [0.1, 0.15) is 0 Å². The van der Waals surface area contributed by atoms with Gasteiger partial charge < -0.3 is 10.6 Å². The number of aryl methyl sites for hydroxylation is 4. The van der Waals surface area contributed by atoms with Gasteiger partial charge in [-0.3, -0.25) is 9.59 Å². The quantitative estimate of drug-likeness (QED) is 0.740. The van der Waals surface area contributed by atoms with Crippen molar-refractivity contribution in [3.05, 3.63) is 74.8 Å². The molecule has 0 radical (unpaired) electrons. The van der Waals surface area contributed by atoms with Gasteiger partial charge in [0.05, 0.1) is 22.4 Å². The Kier molecular flexibility index (Phi) is 6.63. The molecule has 154 valence electrons. The largest absolute Gasteiger partial charge is 0.325 e. The SMILES string of the molecule is Cc1cc(C)c(NC(=O)CSC2=C(C#N)[C@@H](c3ccccc3C)CC(=O)N2)c(C)c1. The summed E-state index contributed by atoms with van der Waals surface area (Å²) in [6.07, 6.45) is 0.228. The van der Waals surface area contributed by atoms with Crippen LogP contribution in [0.25, 0.3) is 0 Å². The molecule has 5 nitrogen and oxygen atoms in total. The molecule has 30 heavy (non-hydrogen) atoms. The summed E-state index contributed by atoms with van der Waals surface area (Å²) in [6.45, 7) is 7.93. The Labute approximate surface area is 181 Å². The van der Waals surface area contributed by atoms with E-state index in [1.807, 2.05) is 64.1 Å². The van der Waals surface area contributed by atoms with Gasteiger partial charge in [0, 0.05) is 18.0 Å². The zero-order valence-corrected chi connectivity index (χ0v) is 18.4.